The zero-order chi connectivity index (χ0) is 21.0. The molecule has 2 aromatic rings. The van der Waals surface area contributed by atoms with Crippen molar-refractivity contribution >= 4 is 0 Å². The molecule has 0 N–H and O–H groups in total. The second kappa shape index (κ2) is 9.47. The van der Waals surface area contributed by atoms with Crippen LogP contribution in [-0.4, -0.2) is 49.1 Å². The highest BCUT2D eigenvalue weighted by atomic mass is 16.5. The second-order valence-electron chi connectivity index (χ2n) is 9.37. The van der Waals surface area contributed by atoms with Gasteiger partial charge in [0.05, 0.1) is 6.61 Å². The van der Waals surface area contributed by atoms with Gasteiger partial charge in [-0.1, -0.05) is 30.5 Å². The van der Waals surface area contributed by atoms with Crippen LogP contribution in [-0.2, 0) is 0 Å². The van der Waals surface area contributed by atoms with Crippen molar-refractivity contribution in [3.05, 3.63) is 64.7 Å². The van der Waals surface area contributed by atoms with E-state index in [0.717, 1.165) is 37.4 Å². The molecule has 2 aromatic carbocycles. The lowest BCUT2D eigenvalue weighted by Crippen LogP contribution is -2.34. The van der Waals surface area contributed by atoms with Crippen LogP contribution in [0.25, 0.3) is 0 Å². The van der Waals surface area contributed by atoms with Gasteiger partial charge in [0.1, 0.15) is 5.75 Å². The fraction of sp³-hybridized carbons (Fsp3) is 0.500. The normalized spacial score (nSPS) is 23.7. The minimum Gasteiger partial charge on any atom is -0.494 e. The van der Waals surface area contributed by atoms with Gasteiger partial charge in [-0.05, 0) is 92.7 Å². The average molecular weight is 415 g/mol. The molecule has 31 heavy (non-hydrogen) atoms. The van der Waals surface area contributed by atoms with Crippen molar-refractivity contribution in [3.8, 4) is 18.1 Å². The number of ether oxygens (including phenoxy) is 1. The van der Waals surface area contributed by atoms with Crippen molar-refractivity contribution in [2.24, 2.45) is 0 Å². The number of likely N-dealkylation sites (tertiary alicyclic amines) is 1. The van der Waals surface area contributed by atoms with Crippen LogP contribution in [0.2, 0.25) is 0 Å². The molecule has 0 bridgehead atoms. The Kier molecular flexibility index (Phi) is 6.30. The van der Waals surface area contributed by atoms with Gasteiger partial charge in [-0.25, -0.2) is 0 Å². The van der Waals surface area contributed by atoms with Gasteiger partial charge in [-0.3, -0.25) is 4.90 Å². The summed E-state index contributed by atoms with van der Waals surface area (Å²) in [6.07, 6.45) is 13.4. The maximum absolute atomic E-state index is 6.22. The van der Waals surface area contributed by atoms with Crippen LogP contribution in [0, 0.1) is 12.3 Å². The number of hydrogen-bond acceptors (Lipinski definition) is 3. The summed E-state index contributed by atoms with van der Waals surface area (Å²) in [5.41, 5.74) is 5.22. The number of rotatable bonds is 6. The van der Waals surface area contributed by atoms with E-state index in [0.29, 0.717) is 12.0 Å². The number of terminal acetylenes is 1. The van der Waals surface area contributed by atoms with E-state index in [1.807, 2.05) is 6.07 Å². The topological polar surface area (TPSA) is 15.7 Å². The summed E-state index contributed by atoms with van der Waals surface area (Å²) in [5, 5.41) is 0. The first-order valence-electron chi connectivity index (χ1n) is 12.1. The Bertz CT molecular complexity index is 940. The molecule has 2 fully saturated rings. The quantitative estimate of drug-likeness (QED) is 0.477. The molecule has 3 aliphatic heterocycles. The molecule has 3 heteroatoms. The van der Waals surface area contributed by atoms with Gasteiger partial charge in [0.15, 0.2) is 0 Å². The smallest absolute Gasteiger partial charge is 0.119 e. The number of piperidine rings is 1. The Labute approximate surface area is 187 Å². The lowest BCUT2D eigenvalue weighted by atomic mass is 9.81. The van der Waals surface area contributed by atoms with Crippen LogP contribution in [0.3, 0.4) is 0 Å². The third kappa shape index (κ3) is 4.52. The Morgan fingerprint density at radius 1 is 0.968 bits per heavy atom. The number of benzene rings is 2. The highest BCUT2D eigenvalue weighted by Crippen LogP contribution is 2.45. The molecular formula is C28H34N2O. The second-order valence-corrected chi connectivity index (χ2v) is 9.37. The van der Waals surface area contributed by atoms with Crippen LogP contribution in [0.4, 0.5) is 0 Å². The molecule has 5 rings (SSSR count). The average Bonchev–Trinajstić information content (AvgIpc) is 3.31. The van der Waals surface area contributed by atoms with E-state index in [2.05, 4.69) is 52.1 Å². The Morgan fingerprint density at radius 3 is 2.74 bits per heavy atom. The first-order valence-corrected chi connectivity index (χ1v) is 12.1. The fourth-order valence-electron chi connectivity index (χ4n) is 5.77. The lowest BCUT2D eigenvalue weighted by molar-refractivity contribution is 0.204. The fourth-order valence-corrected chi connectivity index (χ4v) is 5.77. The predicted octanol–water partition coefficient (Wildman–Crippen LogP) is 5.21. The van der Waals surface area contributed by atoms with Gasteiger partial charge in [-0.2, -0.15) is 0 Å². The number of hydrogen-bond donors (Lipinski definition) is 0. The number of fused-ring (bicyclic) bond motifs is 3. The van der Waals surface area contributed by atoms with Gasteiger partial charge in [0, 0.05) is 30.6 Å². The predicted molar refractivity (Wildman–Crippen MR) is 127 cm³/mol. The zero-order valence-corrected chi connectivity index (χ0v) is 18.6. The number of nitrogens with zero attached hydrogens (tertiary/aromatic N) is 2. The maximum Gasteiger partial charge on any atom is 0.119 e. The van der Waals surface area contributed by atoms with Crippen molar-refractivity contribution in [1.29, 1.82) is 0 Å². The molecule has 0 spiro atoms. The Morgan fingerprint density at radius 2 is 1.87 bits per heavy atom. The highest BCUT2D eigenvalue weighted by molar-refractivity contribution is 5.48. The van der Waals surface area contributed by atoms with E-state index in [-0.39, 0.29) is 0 Å². The van der Waals surface area contributed by atoms with E-state index in [1.54, 1.807) is 0 Å². The van der Waals surface area contributed by atoms with Gasteiger partial charge in [0.2, 0.25) is 0 Å². The monoisotopic (exact) mass is 414 g/mol. The Hall–Kier alpha value is -2.28. The van der Waals surface area contributed by atoms with E-state index >= 15 is 0 Å². The van der Waals surface area contributed by atoms with Crippen molar-refractivity contribution in [3.63, 3.8) is 0 Å². The lowest BCUT2D eigenvalue weighted by Gasteiger charge is -2.38. The van der Waals surface area contributed by atoms with E-state index in [1.165, 1.54) is 68.4 Å². The maximum atomic E-state index is 6.22. The van der Waals surface area contributed by atoms with Gasteiger partial charge in [0.25, 0.3) is 0 Å². The summed E-state index contributed by atoms with van der Waals surface area (Å²) < 4.78 is 6.22. The van der Waals surface area contributed by atoms with Crippen LogP contribution >= 0.6 is 0 Å². The molecule has 2 saturated heterocycles. The first-order chi connectivity index (χ1) is 15.3. The molecule has 3 heterocycles. The summed E-state index contributed by atoms with van der Waals surface area (Å²) in [6.45, 7) is 6.77. The molecule has 3 aliphatic rings. The third-order valence-electron chi connectivity index (χ3n) is 7.37. The van der Waals surface area contributed by atoms with Crippen LogP contribution in [0.1, 0.15) is 72.7 Å². The van der Waals surface area contributed by atoms with Crippen molar-refractivity contribution < 1.29 is 4.74 Å². The minimum atomic E-state index is 0.380. The van der Waals surface area contributed by atoms with E-state index in [4.69, 9.17) is 11.2 Å². The van der Waals surface area contributed by atoms with Gasteiger partial charge < -0.3 is 9.64 Å². The summed E-state index contributed by atoms with van der Waals surface area (Å²) in [7, 11) is 0. The third-order valence-corrected chi connectivity index (χ3v) is 7.37. The van der Waals surface area contributed by atoms with Gasteiger partial charge in [-0.15, -0.1) is 6.42 Å². The first kappa shape index (κ1) is 20.6. The SMILES string of the molecule is C#Cc1cccc([C@H]2CN3CCC[C@@H]3c3cc(OCCCN4CCCCC4)ccc32)c1. The van der Waals surface area contributed by atoms with Gasteiger partial charge >= 0.3 is 0 Å². The molecule has 0 unspecified atom stereocenters. The van der Waals surface area contributed by atoms with Crippen molar-refractivity contribution in [1.82, 2.24) is 9.80 Å². The minimum absolute atomic E-state index is 0.380. The summed E-state index contributed by atoms with van der Waals surface area (Å²) >= 11 is 0. The molecule has 3 nitrogen and oxygen atoms in total. The zero-order valence-electron chi connectivity index (χ0n) is 18.6. The molecule has 162 valence electrons. The molecule has 0 amide bonds. The summed E-state index contributed by atoms with van der Waals surface area (Å²) in [6, 6.07) is 15.9. The largest absolute Gasteiger partial charge is 0.494 e. The molecule has 0 saturated carbocycles. The molecule has 0 aliphatic carbocycles. The van der Waals surface area contributed by atoms with Crippen LogP contribution in [0.5, 0.6) is 5.75 Å². The van der Waals surface area contributed by atoms with Crippen molar-refractivity contribution in [2.45, 2.75) is 50.5 Å². The molecule has 0 aromatic heterocycles. The standard InChI is InChI=1S/C28H34N2O/c1-2-22-9-6-10-23(19-22)27-21-30-17-7-11-28(30)26-20-24(12-13-25(26)27)31-18-8-16-29-14-4-3-5-15-29/h1,6,9-10,12-13,19-20,27-28H,3-5,7-8,11,14-18,21H2/t27-,28-/m1/s1. The molecular weight excluding hydrogens is 380 g/mol. The summed E-state index contributed by atoms with van der Waals surface area (Å²) in [4.78, 5) is 5.25. The molecule has 0 radical (unpaired) electrons. The van der Waals surface area contributed by atoms with Crippen LogP contribution < -0.4 is 4.74 Å². The van der Waals surface area contributed by atoms with E-state index < -0.39 is 0 Å². The summed E-state index contributed by atoms with van der Waals surface area (Å²) in [5.74, 6) is 4.21. The molecule has 2 atom stereocenters. The van der Waals surface area contributed by atoms with Crippen molar-refractivity contribution in [2.75, 3.05) is 39.3 Å². The van der Waals surface area contributed by atoms with E-state index in [9.17, 15) is 0 Å². The Balaban J connectivity index is 1.31. The van der Waals surface area contributed by atoms with Crippen LogP contribution in [0.15, 0.2) is 42.5 Å². The highest BCUT2D eigenvalue weighted by Gasteiger charge is 2.36.